The first-order valence-corrected chi connectivity index (χ1v) is 12.4. The highest BCUT2D eigenvalue weighted by atomic mass is 16.5. The Morgan fingerprint density at radius 2 is 1.21 bits per heavy atom. The molecule has 200 valence electrons. The molecule has 0 bridgehead atoms. The number of aliphatic hydroxyl groups excluding tert-OH is 2. The van der Waals surface area contributed by atoms with Crippen LogP contribution in [-0.2, 0) is 6.42 Å². The predicted molar refractivity (Wildman–Crippen MR) is 138 cm³/mol. The predicted octanol–water partition coefficient (Wildman–Crippen LogP) is 3.88. The number of aliphatic hydroxyl groups is 2. The Labute approximate surface area is 223 Å². The highest BCUT2D eigenvalue weighted by molar-refractivity contribution is 5.63. The van der Waals surface area contributed by atoms with Crippen LogP contribution in [0.3, 0.4) is 0 Å². The van der Waals surface area contributed by atoms with E-state index in [1.165, 1.54) is 36.4 Å². The number of fused-ring (bicyclic) bond motifs is 2. The number of hydrogen-bond acceptors (Lipinski definition) is 9. The first-order chi connectivity index (χ1) is 18.7. The molecule has 5 atom stereocenters. The molecular formula is C30H26O9. The fourth-order valence-electron chi connectivity index (χ4n) is 5.50. The van der Waals surface area contributed by atoms with Crippen LogP contribution in [0.25, 0.3) is 0 Å². The molecule has 0 saturated carbocycles. The molecule has 0 saturated heterocycles. The Bertz CT molecular complexity index is 1530. The molecule has 4 aromatic rings. The van der Waals surface area contributed by atoms with Crippen LogP contribution in [0.2, 0.25) is 0 Å². The van der Waals surface area contributed by atoms with Crippen molar-refractivity contribution in [3.05, 3.63) is 101 Å². The third-order valence-corrected chi connectivity index (χ3v) is 7.38. The number of aromatic hydroxyl groups is 5. The Balaban J connectivity index is 1.52. The molecule has 4 aromatic carbocycles. The van der Waals surface area contributed by atoms with E-state index in [0.29, 0.717) is 16.7 Å². The monoisotopic (exact) mass is 530 g/mol. The number of phenolic OH excluding ortho intramolecular Hbond substituents is 5. The minimum Gasteiger partial charge on any atom is -0.508 e. The standard InChI is InChI=1S/C30H26O9/c31-16-5-1-14(2-6-16)28-23(36)12-20-21(34)13-22(35)26(30(20)39-28)25-19-10-9-18(33)11-24(19)38-29(27(25)37)15-3-7-17(32)8-4-15/h1-11,13,23,25,27-29,31-37H,12H2/t23-,25+,27-,28+,29+/m0/s1. The number of hydrogen-bond donors (Lipinski definition) is 7. The van der Waals surface area contributed by atoms with Crippen LogP contribution in [0.15, 0.2) is 72.8 Å². The zero-order valence-corrected chi connectivity index (χ0v) is 20.5. The second-order valence-electron chi connectivity index (χ2n) is 9.86. The lowest BCUT2D eigenvalue weighted by molar-refractivity contribution is 0.00194. The van der Waals surface area contributed by atoms with Crippen LogP contribution in [0.5, 0.6) is 40.2 Å². The quantitative estimate of drug-likeness (QED) is 0.209. The molecule has 2 heterocycles. The molecule has 0 amide bonds. The fourth-order valence-corrected chi connectivity index (χ4v) is 5.50. The van der Waals surface area contributed by atoms with Crippen molar-refractivity contribution in [1.29, 1.82) is 0 Å². The van der Waals surface area contributed by atoms with Gasteiger partial charge >= 0.3 is 0 Å². The van der Waals surface area contributed by atoms with Gasteiger partial charge in [0.1, 0.15) is 52.5 Å². The molecule has 0 aliphatic carbocycles. The zero-order valence-electron chi connectivity index (χ0n) is 20.5. The van der Waals surface area contributed by atoms with Crippen LogP contribution < -0.4 is 9.47 Å². The van der Waals surface area contributed by atoms with E-state index in [1.54, 1.807) is 30.3 Å². The lowest BCUT2D eigenvalue weighted by atomic mass is 9.78. The molecule has 6 rings (SSSR count). The maximum Gasteiger partial charge on any atom is 0.150 e. The van der Waals surface area contributed by atoms with Gasteiger partial charge in [-0.15, -0.1) is 0 Å². The maximum atomic E-state index is 11.7. The van der Waals surface area contributed by atoms with Gasteiger partial charge < -0.3 is 45.2 Å². The number of phenols is 5. The number of ether oxygens (including phenoxy) is 2. The van der Waals surface area contributed by atoms with Crippen molar-refractivity contribution in [2.45, 2.75) is 36.8 Å². The Morgan fingerprint density at radius 3 is 1.85 bits per heavy atom. The zero-order chi connectivity index (χ0) is 27.4. The lowest BCUT2D eigenvalue weighted by Crippen LogP contribution is -2.36. The van der Waals surface area contributed by atoms with Crippen molar-refractivity contribution >= 4 is 0 Å². The van der Waals surface area contributed by atoms with Gasteiger partial charge in [-0.05, 0) is 41.5 Å². The molecular weight excluding hydrogens is 504 g/mol. The van der Waals surface area contributed by atoms with Gasteiger partial charge in [0.05, 0.1) is 6.10 Å². The van der Waals surface area contributed by atoms with Gasteiger partial charge in [-0.1, -0.05) is 30.3 Å². The number of rotatable bonds is 3. The van der Waals surface area contributed by atoms with E-state index in [9.17, 15) is 35.7 Å². The molecule has 0 unspecified atom stereocenters. The molecule has 9 nitrogen and oxygen atoms in total. The summed E-state index contributed by atoms with van der Waals surface area (Å²) in [5, 5.41) is 74.1. The summed E-state index contributed by atoms with van der Waals surface area (Å²) < 4.78 is 12.4. The van der Waals surface area contributed by atoms with Crippen molar-refractivity contribution in [3.8, 4) is 40.2 Å². The fraction of sp³-hybridized carbons (Fsp3) is 0.200. The van der Waals surface area contributed by atoms with Gasteiger partial charge in [0.15, 0.2) is 6.10 Å². The topological polar surface area (TPSA) is 160 Å². The van der Waals surface area contributed by atoms with Gasteiger partial charge in [-0.2, -0.15) is 0 Å². The van der Waals surface area contributed by atoms with E-state index in [4.69, 9.17) is 9.47 Å². The molecule has 0 aromatic heterocycles. The van der Waals surface area contributed by atoms with Crippen molar-refractivity contribution in [2.24, 2.45) is 0 Å². The average Bonchev–Trinajstić information content (AvgIpc) is 2.91. The van der Waals surface area contributed by atoms with Crippen molar-refractivity contribution in [3.63, 3.8) is 0 Å². The van der Waals surface area contributed by atoms with E-state index in [-0.39, 0.29) is 57.8 Å². The van der Waals surface area contributed by atoms with Crippen LogP contribution in [-0.4, -0.2) is 48.0 Å². The highest BCUT2D eigenvalue weighted by Gasteiger charge is 2.44. The smallest absolute Gasteiger partial charge is 0.150 e. The van der Waals surface area contributed by atoms with Gasteiger partial charge in [-0.3, -0.25) is 0 Å². The van der Waals surface area contributed by atoms with Crippen LogP contribution in [0.1, 0.15) is 45.9 Å². The number of benzene rings is 4. The molecule has 39 heavy (non-hydrogen) atoms. The molecule has 2 aliphatic rings. The molecule has 0 radical (unpaired) electrons. The van der Waals surface area contributed by atoms with Gasteiger partial charge in [0.2, 0.25) is 0 Å². The summed E-state index contributed by atoms with van der Waals surface area (Å²) in [7, 11) is 0. The SMILES string of the molecule is Oc1ccc([C@H]2Oc3cc(O)ccc3[C@H](c3c(O)cc(O)c4c3O[C@H](c3ccc(O)cc3)[C@@H](O)C4)[C@@H]2O)cc1. The second kappa shape index (κ2) is 9.30. The third kappa shape index (κ3) is 4.21. The third-order valence-electron chi connectivity index (χ3n) is 7.38. The first-order valence-electron chi connectivity index (χ1n) is 12.4. The molecule has 7 N–H and O–H groups in total. The van der Waals surface area contributed by atoms with Gasteiger partial charge in [-0.25, -0.2) is 0 Å². The molecule has 0 spiro atoms. The molecule has 2 aliphatic heterocycles. The van der Waals surface area contributed by atoms with Crippen molar-refractivity contribution in [2.75, 3.05) is 0 Å². The van der Waals surface area contributed by atoms with E-state index in [1.807, 2.05) is 0 Å². The maximum absolute atomic E-state index is 11.7. The average molecular weight is 531 g/mol. The van der Waals surface area contributed by atoms with E-state index >= 15 is 0 Å². The van der Waals surface area contributed by atoms with Gasteiger partial charge in [0.25, 0.3) is 0 Å². The Morgan fingerprint density at radius 1 is 0.615 bits per heavy atom. The first kappa shape index (κ1) is 24.7. The highest BCUT2D eigenvalue weighted by Crippen LogP contribution is 2.55. The minimum absolute atomic E-state index is 0.00311. The molecule has 0 fully saturated rings. The van der Waals surface area contributed by atoms with Crippen molar-refractivity contribution < 1.29 is 45.2 Å². The Hall–Kier alpha value is -4.60. The summed E-state index contributed by atoms with van der Waals surface area (Å²) in [6.45, 7) is 0. The summed E-state index contributed by atoms with van der Waals surface area (Å²) in [5.74, 6) is -1.11. The summed E-state index contributed by atoms with van der Waals surface area (Å²) in [6, 6.07) is 17.9. The molecule has 9 heteroatoms. The largest absolute Gasteiger partial charge is 0.508 e. The van der Waals surface area contributed by atoms with Gasteiger partial charge in [0, 0.05) is 41.2 Å². The summed E-state index contributed by atoms with van der Waals surface area (Å²) in [4.78, 5) is 0. The van der Waals surface area contributed by atoms with Crippen LogP contribution >= 0.6 is 0 Å². The minimum atomic E-state index is -1.27. The van der Waals surface area contributed by atoms with E-state index in [0.717, 1.165) is 6.07 Å². The second-order valence-corrected chi connectivity index (χ2v) is 9.86. The van der Waals surface area contributed by atoms with Crippen LogP contribution in [0.4, 0.5) is 0 Å². The van der Waals surface area contributed by atoms with Crippen molar-refractivity contribution in [1.82, 2.24) is 0 Å². The van der Waals surface area contributed by atoms with E-state index in [2.05, 4.69) is 0 Å². The summed E-state index contributed by atoms with van der Waals surface area (Å²) in [6.07, 6.45) is -4.14. The lowest BCUT2D eigenvalue weighted by Gasteiger charge is -2.40. The normalized spacial score (nSPS) is 23.7. The summed E-state index contributed by atoms with van der Waals surface area (Å²) >= 11 is 0. The summed E-state index contributed by atoms with van der Waals surface area (Å²) in [5.41, 5.74) is 2.04. The van der Waals surface area contributed by atoms with E-state index < -0.39 is 30.3 Å². The van der Waals surface area contributed by atoms with Crippen LogP contribution in [0, 0.1) is 0 Å². The Kier molecular flexibility index (Phi) is 5.90.